The van der Waals surface area contributed by atoms with Crippen LogP contribution in [0.2, 0.25) is 0 Å². The van der Waals surface area contributed by atoms with Crippen LogP contribution in [0.15, 0.2) is 46.1 Å². The van der Waals surface area contributed by atoms with Gasteiger partial charge in [0.1, 0.15) is 0 Å². The molecule has 0 saturated heterocycles. The molecule has 0 bridgehead atoms. The van der Waals surface area contributed by atoms with Crippen molar-refractivity contribution in [3.05, 3.63) is 68.5 Å². The van der Waals surface area contributed by atoms with E-state index in [0.29, 0.717) is 25.2 Å². The monoisotopic (exact) mass is 316 g/mol. The molecule has 0 saturated carbocycles. The maximum absolute atomic E-state index is 12.2. The molecule has 0 atom stereocenters. The van der Waals surface area contributed by atoms with Gasteiger partial charge in [-0.2, -0.15) is 0 Å². The summed E-state index contributed by atoms with van der Waals surface area (Å²) in [5, 5.41) is 0. The van der Waals surface area contributed by atoms with Crippen molar-refractivity contribution in [3.8, 4) is 0 Å². The maximum Gasteiger partial charge on any atom is 0.330 e. The van der Waals surface area contributed by atoms with Crippen molar-refractivity contribution in [3.63, 3.8) is 0 Å². The third-order valence-electron chi connectivity index (χ3n) is 3.92. The van der Waals surface area contributed by atoms with Gasteiger partial charge in [-0.25, -0.2) is 4.79 Å². The summed E-state index contributed by atoms with van der Waals surface area (Å²) in [5.41, 5.74) is 7.00. The second-order valence-electron chi connectivity index (χ2n) is 5.71. The Balaban J connectivity index is 2.13. The van der Waals surface area contributed by atoms with Crippen molar-refractivity contribution < 1.29 is 0 Å². The molecule has 0 aliphatic carbocycles. The van der Waals surface area contributed by atoms with Gasteiger partial charge in [0.15, 0.2) is 0 Å². The first-order valence-corrected chi connectivity index (χ1v) is 7.75. The van der Waals surface area contributed by atoms with Gasteiger partial charge in [-0.15, -0.1) is 0 Å². The van der Waals surface area contributed by atoms with E-state index < -0.39 is 0 Å². The van der Waals surface area contributed by atoms with Gasteiger partial charge in [-0.1, -0.05) is 30.3 Å². The van der Waals surface area contributed by atoms with Crippen LogP contribution in [0.4, 0.5) is 0 Å². The number of nitrogens with zero attached hydrogens (tertiary/aromatic N) is 3. The summed E-state index contributed by atoms with van der Waals surface area (Å²) < 4.78 is 2.59. The first-order chi connectivity index (χ1) is 11.0. The van der Waals surface area contributed by atoms with Gasteiger partial charge in [0.05, 0.1) is 0 Å². The van der Waals surface area contributed by atoms with Gasteiger partial charge in [-0.3, -0.25) is 14.3 Å². The van der Waals surface area contributed by atoms with Gasteiger partial charge in [-0.05, 0) is 12.0 Å². The molecule has 2 N–H and O–H groups in total. The molecule has 6 heteroatoms. The zero-order chi connectivity index (χ0) is 16.8. The van der Waals surface area contributed by atoms with Crippen LogP contribution in [0.5, 0.6) is 0 Å². The number of aromatic nitrogens is 2. The molecule has 0 amide bonds. The van der Waals surface area contributed by atoms with E-state index in [9.17, 15) is 9.59 Å². The summed E-state index contributed by atoms with van der Waals surface area (Å²) in [6.07, 6.45) is 2.52. The first-order valence-electron chi connectivity index (χ1n) is 7.75. The fraction of sp³-hybridized carbons (Fsp3) is 0.412. The minimum Gasteiger partial charge on any atom is -0.329 e. The number of nitrogens with two attached hydrogens (primary N) is 1. The predicted molar refractivity (Wildman–Crippen MR) is 91.4 cm³/mol. The van der Waals surface area contributed by atoms with Crippen molar-refractivity contribution >= 4 is 0 Å². The van der Waals surface area contributed by atoms with Crippen LogP contribution in [0, 0.1) is 0 Å². The molecule has 1 heterocycles. The summed E-state index contributed by atoms with van der Waals surface area (Å²) in [6.45, 7) is 2.54. The average Bonchev–Trinajstić information content (AvgIpc) is 2.56. The lowest BCUT2D eigenvalue weighted by molar-refractivity contribution is 0.273. The second-order valence-corrected chi connectivity index (χ2v) is 5.71. The number of rotatable bonds is 7. The average molecular weight is 316 g/mol. The zero-order valence-electron chi connectivity index (χ0n) is 13.7. The van der Waals surface area contributed by atoms with E-state index in [2.05, 4.69) is 17.0 Å². The summed E-state index contributed by atoms with van der Waals surface area (Å²) in [5.74, 6) is 0. The highest BCUT2D eigenvalue weighted by molar-refractivity contribution is 5.15. The topological polar surface area (TPSA) is 73.3 Å². The molecule has 6 nitrogen and oxygen atoms in total. The smallest absolute Gasteiger partial charge is 0.329 e. The zero-order valence-corrected chi connectivity index (χ0v) is 13.7. The Morgan fingerprint density at radius 3 is 2.43 bits per heavy atom. The highest BCUT2D eigenvalue weighted by atomic mass is 16.2. The quantitative estimate of drug-likeness (QED) is 0.785. The molecule has 1 aromatic carbocycles. The molecule has 0 aliphatic heterocycles. The maximum atomic E-state index is 12.2. The Bertz CT molecular complexity index is 749. The molecule has 1 aromatic heterocycles. The minimum atomic E-state index is -0.312. The molecular formula is C17H24N4O2. The van der Waals surface area contributed by atoms with Crippen LogP contribution in [0.3, 0.4) is 0 Å². The molecule has 2 aromatic rings. The van der Waals surface area contributed by atoms with Gasteiger partial charge in [0, 0.05) is 52.0 Å². The van der Waals surface area contributed by atoms with Crippen molar-refractivity contribution in [1.29, 1.82) is 0 Å². The molecular weight excluding hydrogens is 292 g/mol. The standard InChI is InChI=1S/C17H24N4O2/c1-19-12-15(16(22)20(2)17(19)23)13-21(11-9-18)10-8-14-6-4-3-5-7-14/h3-7,12H,8-11,13,18H2,1-2H3. The Labute approximate surface area is 135 Å². The summed E-state index contributed by atoms with van der Waals surface area (Å²) >= 11 is 0. The fourth-order valence-electron chi connectivity index (χ4n) is 2.62. The molecule has 0 unspecified atom stereocenters. The van der Waals surface area contributed by atoms with E-state index in [1.807, 2.05) is 18.2 Å². The van der Waals surface area contributed by atoms with Gasteiger partial charge in [0.25, 0.3) is 5.56 Å². The van der Waals surface area contributed by atoms with Crippen LogP contribution in [-0.2, 0) is 27.1 Å². The van der Waals surface area contributed by atoms with Crippen LogP contribution < -0.4 is 17.0 Å². The lowest BCUT2D eigenvalue weighted by atomic mass is 10.1. The van der Waals surface area contributed by atoms with Crippen LogP contribution in [0.25, 0.3) is 0 Å². The molecule has 0 aliphatic rings. The Morgan fingerprint density at radius 1 is 1.09 bits per heavy atom. The highest BCUT2D eigenvalue weighted by Crippen LogP contribution is 2.04. The summed E-state index contributed by atoms with van der Waals surface area (Å²) in [4.78, 5) is 26.2. The van der Waals surface area contributed by atoms with Gasteiger partial charge in [0.2, 0.25) is 0 Å². The van der Waals surface area contributed by atoms with E-state index in [1.165, 1.54) is 17.2 Å². The lowest BCUT2D eigenvalue weighted by Gasteiger charge is -2.21. The van der Waals surface area contributed by atoms with E-state index in [4.69, 9.17) is 5.73 Å². The van der Waals surface area contributed by atoms with E-state index >= 15 is 0 Å². The van der Waals surface area contributed by atoms with E-state index in [1.54, 1.807) is 13.2 Å². The van der Waals surface area contributed by atoms with Gasteiger partial charge < -0.3 is 10.3 Å². The number of aryl methyl sites for hydroxylation is 1. The molecule has 0 fully saturated rings. The number of hydrogen-bond donors (Lipinski definition) is 1. The SMILES string of the molecule is Cn1cc(CN(CCN)CCc2ccccc2)c(=O)n(C)c1=O. The van der Waals surface area contributed by atoms with Crippen LogP contribution in [-0.4, -0.2) is 33.7 Å². The third kappa shape index (κ3) is 4.40. The minimum absolute atomic E-state index is 0.241. The van der Waals surface area contributed by atoms with Crippen molar-refractivity contribution in [1.82, 2.24) is 14.0 Å². The largest absolute Gasteiger partial charge is 0.330 e. The summed E-state index contributed by atoms with van der Waals surface area (Å²) in [6, 6.07) is 10.2. The third-order valence-corrected chi connectivity index (χ3v) is 3.92. The van der Waals surface area contributed by atoms with E-state index in [0.717, 1.165) is 17.5 Å². The number of benzene rings is 1. The van der Waals surface area contributed by atoms with Gasteiger partial charge >= 0.3 is 5.69 Å². The Hall–Kier alpha value is -2.18. The van der Waals surface area contributed by atoms with Crippen molar-refractivity contribution in [2.75, 3.05) is 19.6 Å². The molecule has 124 valence electrons. The molecule has 0 radical (unpaired) electrons. The summed E-state index contributed by atoms with van der Waals surface area (Å²) in [7, 11) is 3.16. The van der Waals surface area contributed by atoms with Crippen molar-refractivity contribution in [2.45, 2.75) is 13.0 Å². The number of hydrogen-bond acceptors (Lipinski definition) is 4. The predicted octanol–water partition coefficient (Wildman–Crippen LogP) is 0.0874. The van der Waals surface area contributed by atoms with Crippen LogP contribution in [0.1, 0.15) is 11.1 Å². The normalized spacial score (nSPS) is 11.1. The molecule has 2 rings (SSSR count). The Morgan fingerprint density at radius 2 is 1.78 bits per heavy atom. The Kier molecular flexibility index (Phi) is 5.90. The van der Waals surface area contributed by atoms with Crippen molar-refractivity contribution in [2.24, 2.45) is 19.8 Å². The van der Waals surface area contributed by atoms with Crippen LogP contribution >= 0.6 is 0 Å². The molecule has 23 heavy (non-hydrogen) atoms. The fourth-order valence-corrected chi connectivity index (χ4v) is 2.62. The van der Waals surface area contributed by atoms with E-state index in [-0.39, 0.29) is 11.2 Å². The highest BCUT2D eigenvalue weighted by Gasteiger charge is 2.11. The second kappa shape index (κ2) is 7.89. The molecule has 0 spiro atoms. The first kappa shape index (κ1) is 17.2. The lowest BCUT2D eigenvalue weighted by Crippen LogP contribution is -2.41.